The van der Waals surface area contributed by atoms with Gasteiger partial charge in [0, 0.05) is 6.42 Å². The molecule has 0 aliphatic heterocycles. The largest absolute Gasteiger partial charge is 0.469 e. The van der Waals surface area contributed by atoms with Gasteiger partial charge in [0.25, 0.3) is 0 Å². The number of hydrogen-bond donors (Lipinski definition) is 1. The number of ether oxygens (including phenoxy) is 4. The molecule has 0 aromatic heterocycles. The maximum atomic E-state index is 11.6. The Kier molecular flexibility index (Phi) is 9.44. The molecule has 0 bridgehead atoms. The minimum atomic E-state index is -1.13. The molecule has 0 spiro atoms. The fourth-order valence-electron chi connectivity index (χ4n) is 1.35. The number of hydrogen-bond acceptors (Lipinski definition) is 8. The number of esters is 3. The van der Waals surface area contributed by atoms with Crippen LogP contribution in [0.15, 0.2) is 0 Å². The van der Waals surface area contributed by atoms with Gasteiger partial charge >= 0.3 is 24.0 Å². The topological polar surface area (TPSA) is 117 Å². The molecule has 9 nitrogen and oxygen atoms in total. The Bertz CT molecular complexity index is 455. The molecule has 0 heterocycles. The highest BCUT2D eigenvalue weighted by atomic mass is 16.6. The average Bonchev–Trinajstić information content (AvgIpc) is 2.47. The Balaban J connectivity index is 3.97. The van der Waals surface area contributed by atoms with Gasteiger partial charge in [-0.1, -0.05) is 0 Å². The number of amides is 1. The Labute approximate surface area is 140 Å². The van der Waals surface area contributed by atoms with Crippen molar-refractivity contribution in [1.29, 1.82) is 0 Å². The van der Waals surface area contributed by atoms with E-state index in [1.807, 2.05) is 0 Å². The molecule has 0 aliphatic carbocycles. The maximum Gasteiger partial charge on any atom is 0.408 e. The fourth-order valence-corrected chi connectivity index (χ4v) is 1.35. The van der Waals surface area contributed by atoms with Crippen LogP contribution < -0.4 is 5.32 Å². The van der Waals surface area contributed by atoms with Gasteiger partial charge in [-0.2, -0.15) is 0 Å². The summed E-state index contributed by atoms with van der Waals surface area (Å²) in [6.45, 7) is 5.96. The number of methoxy groups -OCH3 is 1. The molecule has 0 saturated heterocycles. The third-order valence-electron chi connectivity index (χ3n) is 2.41. The van der Waals surface area contributed by atoms with E-state index in [0.29, 0.717) is 6.42 Å². The summed E-state index contributed by atoms with van der Waals surface area (Å²) in [7, 11) is 1.27. The number of nitrogens with one attached hydrogen (secondary N) is 1. The first-order valence-corrected chi connectivity index (χ1v) is 7.45. The Hall–Kier alpha value is -2.32. The van der Waals surface area contributed by atoms with Crippen molar-refractivity contribution in [3.8, 4) is 0 Å². The first kappa shape index (κ1) is 21.7. The Morgan fingerprint density at radius 1 is 1.08 bits per heavy atom. The molecule has 9 heteroatoms. The van der Waals surface area contributed by atoms with Crippen molar-refractivity contribution >= 4 is 24.0 Å². The number of rotatable bonds is 8. The van der Waals surface area contributed by atoms with Gasteiger partial charge in [-0.05, 0) is 34.1 Å². The van der Waals surface area contributed by atoms with Gasteiger partial charge in [0.2, 0.25) is 0 Å². The monoisotopic (exact) mass is 347 g/mol. The van der Waals surface area contributed by atoms with Crippen LogP contribution in [0.1, 0.15) is 40.5 Å². The summed E-state index contributed by atoms with van der Waals surface area (Å²) in [6, 6.07) is 0. The zero-order valence-corrected chi connectivity index (χ0v) is 14.7. The Morgan fingerprint density at radius 3 is 2.25 bits per heavy atom. The molecule has 0 aliphatic rings. The SMILES string of the molecule is COC(=O)CCCOC(=O)C(C)OC(=O)CNC(=O)OC(C)(C)C. The lowest BCUT2D eigenvalue weighted by Gasteiger charge is -2.19. The fraction of sp³-hybridized carbons (Fsp3) is 0.733. The van der Waals surface area contributed by atoms with E-state index in [9.17, 15) is 19.2 Å². The molecule has 138 valence electrons. The molecule has 0 saturated carbocycles. The van der Waals surface area contributed by atoms with E-state index in [4.69, 9.17) is 14.2 Å². The summed E-state index contributed by atoms with van der Waals surface area (Å²) in [5.41, 5.74) is -0.685. The van der Waals surface area contributed by atoms with Crippen LogP contribution in [0.4, 0.5) is 4.79 Å². The molecule has 0 radical (unpaired) electrons. The van der Waals surface area contributed by atoms with Gasteiger partial charge in [0.1, 0.15) is 12.1 Å². The highest BCUT2D eigenvalue weighted by Crippen LogP contribution is 2.06. The highest BCUT2D eigenvalue weighted by molar-refractivity contribution is 5.82. The van der Waals surface area contributed by atoms with Crippen LogP contribution in [-0.2, 0) is 33.3 Å². The molecular formula is C15H25NO8. The molecule has 0 aromatic rings. The molecule has 24 heavy (non-hydrogen) atoms. The lowest BCUT2D eigenvalue weighted by molar-refractivity contribution is -0.166. The molecular weight excluding hydrogens is 322 g/mol. The normalized spacial score (nSPS) is 11.9. The summed E-state index contributed by atoms with van der Waals surface area (Å²) >= 11 is 0. The molecule has 0 rings (SSSR count). The lowest BCUT2D eigenvalue weighted by atomic mass is 10.2. The van der Waals surface area contributed by atoms with Gasteiger partial charge in [-0.15, -0.1) is 0 Å². The van der Waals surface area contributed by atoms with E-state index in [0.717, 1.165) is 0 Å². The summed E-state index contributed by atoms with van der Waals surface area (Å²) in [5.74, 6) is -1.95. The molecule has 0 fully saturated rings. The quantitative estimate of drug-likeness (QED) is 0.392. The second-order valence-corrected chi connectivity index (χ2v) is 5.83. The highest BCUT2D eigenvalue weighted by Gasteiger charge is 2.21. The lowest BCUT2D eigenvalue weighted by Crippen LogP contribution is -2.37. The van der Waals surface area contributed by atoms with Crippen molar-refractivity contribution in [2.24, 2.45) is 0 Å². The van der Waals surface area contributed by atoms with E-state index in [1.165, 1.54) is 14.0 Å². The van der Waals surface area contributed by atoms with E-state index in [2.05, 4.69) is 10.1 Å². The zero-order valence-electron chi connectivity index (χ0n) is 14.7. The number of alkyl carbamates (subject to hydrolysis) is 1. The maximum absolute atomic E-state index is 11.6. The molecule has 1 unspecified atom stereocenters. The zero-order chi connectivity index (χ0) is 18.8. The molecule has 0 aromatic carbocycles. The van der Waals surface area contributed by atoms with Gasteiger partial charge in [-0.3, -0.25) is 9.59 Å². The van der Waals surface area contributed by atoms with E-state index in [1.54, 1.807) is 20.8 Å². The average molecular weight is 347 g/mol. The van der Waals surface area contributed by atoms with Crippen molar-refractivity contribution < 1.29 is 38.1 Å². The van der Waals surface area contributed by atoms with Gasteiger partial charge in [0.15, 0.2) is 6.10 Å². The van der Waals surface area contributed by atoms with Crippen molar-refractivity contribution in [3.05, 3.63) is 0 Å². The molecule has 1 N–H and O–H groups in total. The van der Waals surface area contributed by atoms with Crippen LogP contribution >= 0.6 is 0 Å². The van der Waals surface area contributed by atoms with Crippen molar-refractivity contribution in [1.82, 2.24) is 5.32 Å². The van der Waals surface area contributed by atoms with Crippen molar-refractivity contribution in [2.45, 2.75) is 52.2 Å². The first-order valence-electron chi connectivity index (χ1n) is 7.45. The number of carbonyl (C=O) groups excluding carboxylic acids is 4. The van der Waals surface area contributed by atoms with Gasteiger partial charge < -0.3 is 24.3 Å². The third kappa shape index (κ3) is 11.3. The van der Waals surface area contributed by atoms with Crippen molar-refractivity contribution in [2.75, 3.05) is 20.3 Å². The minimum Gasteiger partial charge on any atom is -0.469 e. The summed E-state index contributed by atoms with van der Waals surface area (Å²) in [6.07, 6.45) is -1.47. The van der Waals surface area contributed by atoms with E-state index in [-0.39, 0.29) is 13.0 Å². The Morgan fingerprint density at radius 2 is 1.71 bits per heavy atom. The van der Waals surface area contributed by atoms with Gasteiger partial charge in [-0.25, -0.2) is 9.59 Å². The van der Waals surface area contributed by atoms with Crippen LogP contribution in [0, 0.1) is 0 Å². The smallest absolute Gasteiger partial charge is 0.408 e. The standard InChI is InChI=1S/C15H25NO8/c1-10(13(19)22-8-6-7-11(17)21-5)23-12(18)9-16-14(20)24-15(2,3)4/h10H,6-9H2,1-5H3,(H,16,20). The van der Waals surface area contributed by atoms with Crippen LogP contribution in [-0.4, -0.2) is 56.0 Å². The summed E-state index contributed by atoms with van der Waals surface area (Å²) in [5, 5.41) is 2.22. The second-order valence-electron chi connectivity index (χ2n) is 5.83. The van der Waals surface area contributed by atoms with Gasteiger partial charge in [0.05, 0.1) is 13.7 Å². The van der Waals surface area contributed by atoms with Crippen molar-refractivity contribution in [3.63, 3.8) is 0 Å². The molecule has 1 atom stereocenters. The number of carbonyl (C=O) groups is 4. The summed E-state index contributed by atoms with van der Waals surface area (Å²) < 4.78 is 19.1. The predicted molar refractivity (Wildman–Crippen MR) is 82.0 cm³/mol. The second kappa shape index (κ2) is 10.5. The van der Waals surface area contributed by atoms with Crippen LogP contribution in [0.3, 0.4) is 0 Å². The summed E-state index contributed by atoms with van der Waals surface area (Å²) in [4.78, 5) is 45.4. The van der Waals surface area contributed by atoms with Crippen LogP contribution in [0.2, 0.25) is 0 Å². The van der Waals surface area contributed by atoms with E-state index >= 15 is 0 Å². The van der Waals surface area contributed by atoms with Crippen LogP contribution in [0.5, 0.6) is 0 Å². The van der Waals surface area contributed by atoms with E-state index < -0.39 is 42.3 Å². The third-order valence-corrected chi connectivity index (χ3v) is 2.41. The van der Waals surface area contributed by atoms with Crippen LogP contribution in [0.25, 0.3) is 0 Å². The first-order chi connectivity index (χ1) is 11.0. The predicted octanol–water partition coefficient (Wildman–Crippen LogP) is 0.939. The molecule has 1 amide bonds. The minimum absolute atomic E-state index is 0.00593.